The zero-order chi connectivity index (χ0) is 11.4. The van der Waals surface area contributed by atoms with Crippen molar-refractivity contribution in [3.05, 3.63) is 24.2 Å². The summed E-state index contributed by atoms with van der Waals surface area (Å²) in [5, 5.41) is 2.70. The zero-order valence-electron chi connectivity index (χ0n) is 8.53. The molecule has 0 saturated heterocycles. The van der Waals surface area contributed by atoms with Crippen molar-refractivity contribution in [2.45, 2.75) is 6.42 Å². The minimum Gasteiger partial charge on any atom is -0.355 e. The smallest absolute Gasteiger partial charge is 0.234 e. The lowest BCUT2D eigenvalue weighted by atomic mass is 10.2. The summed E-state index contributed by atoms with van der Waals surface area (Å²) in [5.74, 6) is -0.166. The number of alkyl halides is 1. The van der Waals surface area contributed by atoms with Gasteiger partial charge in [0, 0.05) is 25.1 Å². The van der Waals surface area contributed by atoms with Gasteiger partial charge < -0.3 is 10.3 Å². The maximum Gasteiger partial charge on any atom is 0.234 e. The van der Waals surface area contributed by atoms with E-state index < -0.39 is 0 Å². The van der Waals surface area contributed by atoms with Gasteiger partial charge in [0.25, 0.3) is 0 Å². The van der Waals surface area contributed by atoms with Crippen LogP contribution in [-0.4, -0.2) is 33.3 Å². The lowest BCUT2D eigenvalue weighted by molar-refractivity contribution is -0.118. The fourth-order valence-corrected chi connectivity index (χ4v) is 1.57. The second-order valence-electron chi connectivity index (χ2n) is 3.30. The topological polar surface area (TPSA) is 70.7 Å². The minimum absolute atomic E-state index is 0.00626. The summed E-state index contributed by atoms with van der Waals surface area (Å²) >= 11 is 5.37. The molecule has 0 aliphatic rings. The van der Waals surface area contributed by atoms with Crippen LogP contribution in [-0.2, 0) is 11.2 Å². The van der Waals surface area contributed by atoms with Crippen LogP contribution in [0.4, 0.5) is 0 Å². The van der Waals surface area contributed by atoms with E-state index in [9.17, 15) is 4.79 Å². The van der Waals surface area contributed by atoms with Crippen LogP contribution in [0, 0.1) is 0 Å². The first kappa shape index (κ1) is 10.9. The summed E-state index contributed by atoms with van der Waals surface area (Å²) in [5.41, 5.74) is 2.65. The van der Waals surface area contributed by atoms with Gasteiger partial charge in [-0.1, -0.05) is 0 Å². The molecular formula is C10H11ClN4O. The van der Waals surface area contributed by atoms with Gasteiger partial charge in [-0.3, -0.25) is 9.78 Å². The zero-order valence-corrected chi connectivity index (χ0v) is 9.29. The molecule has 6 heteroatoms. The molecule has 84 valence electrons. The third-order valence-electron chi connectivity index (χ3n) is 2.22. The highest BCUT2D eigenvalue weighted by Gasteiger charge is 2.05. The van der Waals surface area contributed by atoms with Crippen LogP contribution in [0.2, 0.25) is 0 Å². The number of nitrogens with one attached hydrogen (secondary N) is 2. The Morgan fingerprint density at radius 3 is 3.06 bits per heavy atom. The fraction of sp³-hybridized carbons (Fsp3) is 0.300. The summed E-state index contributed by atoms with van der Waals surface area (Å²) in [7, 11) is 0. The molecule has 0 aliphatic carbocycles. The SMILES string of the molecule is O=C(CCl)NCCc1c[nH]c2nccnc12. The van der Waals surface area contributed by atoms with E-state index in [1.165, 1.54) is 0 Å². The summed E-state index contributed by atoms with van der Waals surface area (Å²) in [6, 6.07) is 0. The molecule has 2 heterocycles. The van der Waals surface area contributed by atoms with Crippen molar-refractivity contribution >= 4 is 28.7 Å². The number of carbonyl (C=O) groups excluding carboxylic acids is 1. The van der Waals surface area contributed by atoms with Crippen molar-refractivity contribution < 1.29 is 4.79 Å². The molecule has 0 unspecified atom stereocenters. The lowest BCUT2D eigenvalue weighted by Crippen LogP contribution is -2.26. The number of aromatic nitrogens is 3. The Bertz CT molecular complexity index is 496. The Hall–Kier alpha value is -1.62. The van der Waals surface area contributed by atoms with Crippen molar-refractivity contribution in [2.75, 3.05) is 12.4 Å². The first-order valence-corrected chi connectivity index (χ1v) is 5.44. The first-order chi connectivity index (χ1) is 7.81. The lowest BCUT2D eigenvalue weighted by Gasteiger charge is -2.01. The molecule has 0 saturated carbocycles. The van der Waals surface area contributed by atoms with Gasteiger partial charge in [0.05, 0.1) is 0 Å². The Labute approximate surface area is 97.2 Å². The highest BCUT2D eigenvalue weighted by molar-refractivity contribution is 6.27. The number of nitrogens with zero attached hydrogens (tertiary/aromatic N) is 2. The highest BCUT2D eigenvalue weighted by atomic mass is 35.5. The van der Waals surface area contributed by atoms with Gasteiger partial charge in [-0.15, -0.1) is 11.6 Å². The van der Waals surface area contributed by atoms with E-state index in [-0.39, 0.29) is 11.8 Å². The quantitative estimate of drug-likeness (QED) is 0.776. The van der Waals surface area contributed by atoms with Crippen molar-refractivity contribution in [1.82, 2.24) is 20.3 Å². The Morgan fingerprint density at radius 2 is 2.25 bits per heavy atom. The van der Waals surface area contributed by atoms with Gasteiger partial charge >= 0.3 is 0 Å². The van der Waals surface area contributed by atoms with Crippen molar-refractivity contribution in [2.24, 2.45) is 0 Å². The summed E-state index contributed by atoms with van der Waals surface area (Å²) in [4.78, 5) is 22.3. The molecule has 2 aromatic rings. The molecule has 2 rings (SSSR count). The number of hydrogen-bond donors (Lipinski definition) is 2. The number of carbonyl (C=O) groups is 1. The highest BCUT2D eigenvalue weighted by Crippen LogP contribution is 2.12. The Kier molecular flexibility index (Phi) is 3.36. The molecule has 0 bridgehead atoms. The van der Waals surface area contributed by atoms with Crippen LogP contribution in [0.1, 0.15) is 5.56 Å². The maximum atomic E-state index is 10.9. The van der Waals surface area contributed by atoms with Gasteiger partial charge in [0.15, 0.2) is 5.65 Å². The molecule has 0 spiro atoms. The summed E-state index contributed by atoms with van der Waals surface area (Å²) < 4.78 is 0. The van der Waals surface area contributed by atoms with Crippen LogP contribution < -0.4 is 5.32 Å². The number of H-pyrrole nitrogens is 1. The molecule has 0 aliphatic heterocycles. The van der Waals surface area contributed by atoms with E-state index in [1.54, 1.807) is 12.4 Å². The predicted molar refractivity (Wildman–Crippen MR) is 61.3 cm³/mol. The van der Waals surface area contributed by atoms with Gasteiger partial charge in [0.2, 0.25) is 5.91 Å². The van der Waals surface area contributed by atoms with Crippen LogP contribution in [0.15, 0.2) is 18.6 Å². The first-order valence-electron chi connectivity index (χ1n) is 4.91. The van der Waals surface area contributed by atoms with Gasteiger partial charge in [0.1, 0.15) is 11.4 Å². The van der Waals surface area contributed by atoms with Crippen LogP contribution in [0.3, 0.4) is 0 Å². The number of hydrogen-bond acceptors (Lipinski definition) is 3. The standard InChI is InChI=1S/C10H11ClN4O/c11-5-8(16)12-2-1-7-6-15-10-9(7)13-3-4-14-10/h3-4,6H,1-2,5H2,(H,12,16)(H,14,15). The Balaban J connectivity index is 2.02. The average Bonchev–Trinajstić information content (AvgIpc) is 2.73. The third-order valence-corrected chi connectivity index (χ3v) is 2.47. The number of amides is 1. The molecule has 0 radical (unpaired) electrons. The van der Waals surface area contributed by atoms with Gasteiger partial charge in [-0.2, -0.15) is 0 Å². The van der Waals surface area contributed by atoms with E-state index in [2.05, 4.69) is 20.3 Å². The van der Waals surface area contributed by atoms with Gasteiger partial charge in [-0.05, 0) is 12.0 Å². The summed E-state index contributed by atoms with van der Waals surface area (Å²) in [6.45, 7) is 0.551. The minimum atomic E-state index is -0.160. The molecular weight excluding hydrogens is 228 g/mol. The molecule has 2 N–H and O–H groups in total. The normalized spacial score (nSPS) is 10.6. The average molecular weight is 239 g/mol. The summed E-state index contributed by atoms with van der Waals surface area (Å²) in [6.07, 6.45) is 5.85. The number of aromatic amines is 1. The molecule has 0 aromatic carbocycles. The van der Waals surface area contributed by atoms with Gasteiger partial charge in [-0.25, -0.2) is 4.98 Å². The number of halogens is 1. The molecule has 2 aromatic heterocycles. The van der Waals surface area contributed by atoms with Crippen LogP contribution in [0.5, 0.6) is 0 Å². The van der Waals surface area contributed by atoms with Crippen molar-refractivity contribution in [1.29, 1.82) is 0 Å². The predicted octanol–water partition coefficient (Wildman–Crippen LogP) is 0.855. The Morgan fingerprint density at radius 1 is 1.44 bits per heavy atom. The third kappa shape index (κ3) is 2.30. The van der Waals surface area contributed by atoms with E-state index in [0.717, 1.165) is 16.7 Å². The molecule has 5 nitrogen and oxygen atoms in total. The van der Waals surface area contributed by atoms with Crippen molar-refractivity contribution in [3.63, 3.8) is 0 Å². The maximum absolute atomic E-state index is 10.9. The largest absolute Gasteiger partial charge is 0.355 e. The number of fused-ring (bicyclic) bond motifs is 1. The molecule has 16 heavy (non-hydrogen) atoms. The van der Waals surface area contributed by atoms with Crippen LogP contribution >= 0.6 is 11.6 Å². The molecule has 0 atom stereocenters. The molecule has 1 amide bonds. The van der Waals surface area contributed by atoms with Crippen molar-refractivity contribution in [3.8, 4) is 0 Å². The molecule has 0 fully saturated rings. The number of rotatable bonds is 4. The van der Waals surface area contributed by atoms with E-state index in [1.807, 2.05) is 6.20 Å². The fourth-order valence-electron chi connectivity index (χ4n) is 1.48. The van der Waals surface area contributed by atoms with E-state index in [0.29, 0.717) is 13.0 Å². The van der Waals surface area contributed by atoms with E-state index in [4.69, 9.17) is 11.6 Å². The second-order valence-corrected chi connectivity index (χ2v) is 3.57. The second kappa shape index (κ2) is 4.94. The monoisotopic (exact) mass is 238 g/mol. The van der Waals surface area contributed by atoms with E-state index >= 15 is 0 Å². The van der Waals surface area contributed by atoms with Crippen LogP contribution in [0.25, 0.3) is 11.2 Å².